The van der Waals surface area contributed by atoms with Crippen LogP contribution >= 0.6 is 0 Å². The van der Waals surface area contributed by atoms with E-state index in [-0.39, 0.29) is 16.1 Å². The van der Waals surface area contributed by atoms with Gasteiger partial charge >= 0.3 is 5.97 Å². The van der Waals surface area contributed by atoms with Gasteiger partial charge in [-0.15, -0.1) is 0 Å². The third-order valence-electron chi connectivity index (χ3n) is 5.33. The van der Waals surface area contributed by atoms with Gasteiger partial charge in [-0.3, -0.25) is 4.72 Å². The predicted octanol–water partition coefficient (Wildman–Crippen LogP) is 3.65. The number of carbonyl (C=O) groups is 1. The largest absolute Gasteiger partial charge is 0.478 e. The van der Waals surface area contributed by atoms with Gasteiger partial charge in [0.1, 0.15) is 5.82 Å². The average molecular weight is 456 g/mol. The van der Waals surface area contributed by atoms with Crippen molar-refractivity contribution < 1.29 is 22.7 Å². The summed E-state index contributed by atoms with van der Waals surface area (Å²) < 4.78 is 40.9. The molecule has 166 valence electrons. The summed E-state index contributed by atoms with van der Waals surface area (Å²) in [4.78, 5) is 15.9. The second-order valence-electron chi connectivity index (χ2n) is 7.41. The van der Waals surface area contributed by atoms with Crippen molar-refractivity contribution in [3.63, 3.8) is 0 Å². The van der Waals surface area contributed by atoms with Crippen LogP contribution in [0.3, 0.4) is 0 Å². The van der Waals surface area contributed by atoms with E-state index in [9.17, 15) is 22.7 Å². The Labute approximate surface area is 185 Å². The van der Waals surface area contributed by atoms with E-state index in [1.54, 1.807) is 6.07 Å². The van der Waals surface area contributed by atoms with Crippen molar-refractivity contribution in [3.05, 3.63) is 84.2 Å². The van der Waals surface area contributed by atoms with Crippen LogP contribution < -0.4 is 14.5 Å². The molecule has 0 bridgehead atoms. The number of hydrogen-bond acceptors (Lipinski definition) is 5. The van der Waals surface area contributed by atoms with Crippen LogP contribution in [0.2, 0.25) is 0 Å². The minimum absolute atomic E-state index is 0.00222. The Kier molecular flexibility index (Phi) is 6.00. The Bertz CT molecular complexity index is 1230. The lowest BCUT2D eigenvalue weighted by molar-refractivity contribution is 0.0697. The smallest absolute Gasteiger partial charge is 0.337 e. The number of anilines is 3. The van der Waals surface area contributed by atoms with Gasteiger partial charge in [-0.25, -0.2) is 17.6 Å². The fourth-order valence-electron chi connectivity index (χ4n) is 3.74. The number of aromatic carboxylic acids is 1. The zero-order chi connectivity index (χ0) is 22.7. The Morgan fingerprint density at radius 3 is 2.22 bits per heavy atom. The third kappa shape index (κ3) is 4.67. The molecule has 0 saturated carbocycles. The van der Waals surface area contributed by atoms with Crippen LogP contribution in [-0.2, 0) is 10.0 Å². The van der Waals surface area contributed by atoms with Crippen LogP contribution in [0.25, 0.3) is 0 Å². The fourth-order valence-corrected chi connectivity index (χ4v) is 4.82. The molecule has 1 fully saturated rings. The molecule has 3 aromatic rings. The van der Waals surface area contributed by atoms with Crippen LogP contribution in [0.5, 0.6) is 0 Å². The fraction of sp³-hybridized carbons (Fsp3) is 0.174. The number of hydrogen-bond donors (Lipinski definition) is 2. The molecule has 0 aromatic heterocycles. The summed E-state index contributed by atoms with van der Waals surface area (Å²) in [7, 11) is -4.06. The van der Waals surface area contributed by atoms with Crippen molar-refractivity contribution in [2.45, 2.75) is 4.90 Å². The van der Waals surface area contributed by atoms with Crippen LogP contribution in [0.1, 0.15) is 10.4 Å². The number of nitrogens with zero attached hydrogens (tertiary/aromatic N) is 2. The minimum Gasteiger partial charge on any atom is -0.478 e. The van der Waals surface area contributed by atoms with Crippen molar-refractivity contribution in [2.75, 3.05) is 40.7 Å². The molecule has 0 spiro atoms. The SMILES string of the molecule is O=C(O)c1cc(NS(=O)(=O)c2cccc(F)c2)ccc1N1CCN(c2ccccc2)CC1. The van der Waals surface area contributed by atoms with Gasteiger partial charge < -0.3 is 14.9 Å². The highest BCUT2D eigenvalue weighted by molar-refractivity contribution is 7.92. The van der Waals surface area contributed by atoms with Gasteiger partial charge in [0.2, 0.25) is 0 Å². The maximum atomic E-state index is 13.4. The summed E-state index contributed by atoms with van der Waals surface area (Å²) in [5, 5.41) is 9.74. The van der Waals surface area contributed by atoms with E-state index in [1.807, 2.05) is 35.2 Å². The van der Waals surface area contributed by atoms with E-state index in [2.05, 4.69) is 9.62 Å². The van der Waals surface area contributed by atoms with Gasteiger partial charge in [-0.2, -0.15) is 0 Å². The molecule has 32 heavy (non-hydrogen) atoms. The lowest BCUT2D eigenvalue weighted by Crippen LogP contribution is -2.47. The molecule has 1 aliphatic heterocycles. The molecule has 7 nitrogen and oxygen atoms in total. The summed E-state index contributed by atoms with van der Waals surface area (Å²) >= 11 is 0. The first-order chi connectivity index (χ1) is 15.3. The summed E-state index contributed by atoms with van der Waals surface area (Å²) in [5.41, 5.74) is 1.74. The second kappa shape index (κ2) is 8.88. The molecule has 0 atom stereocenters. The van der Waals surface area contributed by atoms with Crippen molar-refractivity contribution >= 4 is 33.1 Å². The number of carboxylic acid groups (broad SMARTS) is 1. The lowest BCUT2D eigenvalue weighted by atomic mass is 10.1. The monoisotopic (exact) mass is 455 g/mol. The van der Waals surface area contributed by atoms with Gasteiger partial charge in [0.25, 0.3) is 10.0 Å². The molecule has 1 saturated heterocycles. The Morgan fingerprint density at radius 2 is 1.56 bits per heavy atom. The number of piperazine rings is 1. The minimum atomic E-state index is -4.06. The molecule has 0 radical (unpaired) electrons. The van der Waals surface area contributed by atoms with Crippen LogP contribution in [0, 0.1) is 5.82 Å². The Morgan fingerprint density at radius 1 is 0.875 bits per heavy atom. The first-order valence-electron chi connectivity index (χ1n) is 10.0. The van der Waals surface area contributed by atoms with Crippen molar-refractivity contribution in [1.82, 2.24) is 0 Å². The molecule has 3 aromatic carbocycles. The highest BCUT2D eigenvalue weighted by Gasteiger charge is 2.23. The van der Waals surface area contributed by atoms with Gasteiger partial charge in [-0.1, -0.05) is 24.3 Å². The summed E-state index contributed by atoms with van der Waals surface area (Å²) in [6.45, 7) is 2.72. The molecule has 4 rings (SSSR count). The van der Waals surface area contributed by atoms with Gasteiger partial charge in [0.15, 0.2) is 0 Å². The number of carboxylic acids is 1. The predicted molar refractivity (Wildman–Crippen MR) is 121 cm³/mol. The topological polar surface area (TPSA) is 89.9 Å². The molecule has 2 N–H and O–H groups in total. The van der Waals surface area contributed by atoms with E-state index in [1.165, 1.54) is 24.3 Å². The molecule has 9 heteroatoms. The molecule has 1 aliphatic rings. The third-order valence-corrected chi connectivity index (χ3v) is 6.71. The van der Waals surface area contributed by atoms with Crippen LogP contribution in [-0.4, -0.2) is 45.7 Å². The number of benzene rings is 3. The van der Waals surface area contributed by atoms with Gasteiger partial charge in [0, 0.05) is 37.6 Å². The van der Waals surface area contributed by atoms with Crippen molar-refractivity contribution in [1.29, 1.82) is 0 Å². The molecular formula is C23H22FN3O4S. The molecular weight excluding hydrogens is 433 g/mol. The number of sulfonamides is 1. The second-order valence-corrected chi connectivity index (χ2v) is 9.09. The summed E-state index contributed by atoms with van der Waals surface area (Å²) in [6.07, 6.45) is 0. The number of nitrogens with one attached hydrogen (secondary N) is 1. The highest BCUT2D eigenvalue weighted by Crippen LogP contribution is 2.28. The molecule has 0 aliphatic carbocycles. The number of rotatable bonds is 6. The van der Waals surface area contributed by atoms with E-state index in [4.69, 9.17) is 0 Å². The summed E-state index contributed by atoms with van der Waals surface area (Å²) in [6, 6.07) is 19.0. The van der Waals surface area contributed by atoms with E-state index < -0.39 is 21.8 Å². The van der Waals surface area contributed by atoms with E-state index >= 15 is 0 Å². The van der Waals surface area contributed by atoms with E-state index in [0.717, 1.165) is 30.9 Å². The first-order valence-corrected chi connectivity index (χ1v) is 11.5. The first kappa shape index (κ1) is 21.6. The lowest BCUT2D eigenvalue weighted by Gasteiger charge is -2.38. The summed E-state index contributed by atoms with van der Waals surface area (Å²) in [5.74, 6) is -1.83. The van der Waals surface area contributed by atoms with Crippen molar-refractivity contribution in [2.24, 2.45) is 0 Å². The highest BCUT2D eigenvalue weighted by atomic mass is 32.2. The Balaban J connectivity index is 1.53. The standard InChI is InChI=1S/C23H22FN3O4S/c24-17-5-4-8-20(15-17)32(30,31)25-18-9-10-22(21(16-18)23(28)29)27-13-11-26(12-14-27)19-6-2-1-3-7-19/h1-10,15-16,25H,11-14H2,(H,28,29). The maximum Gasteiger partial charge on any atom is 0.337 e. The van der Waals surface area contributed by atoms with E-state index in [0.29, 0.717) is 18.8 Å². The van der Waals surface area contributed by atoms with Crippen LogP contribution in [0.15, 0.2) is 77.7 Å². The molecule has 0 amide bonds. The van der Waals surface area contributed by atoms with Crippen molar-refractivity contribution in [3.8, 4) is 0 Å². The molecule has 0 unspecified atom stereocenters. The zero-order valence-corrected chi connectivity index (χ0v) is 17.9. The number of para-hydroxylation sites is 1. The average Bonchev–Trinajstić information content (AvgIpc) is 2.79. The van der Waals surface area contributed by atoms with Gasteiger partial charge in [0.05, 0.1) is 16.1 Å². The maximum absolute atomic E-state index is 13.4. The van der Waals surface area contributed by atoms with Crippen LogP contribution in [0.4, 0.5) is 21.5 Å². The Hall–Kier alpha value is -3.59. The zero-order valence-electron chi connectivity index (χ0n) is 17.1. The number of halogens is 1. The normalized spacial score (nSPS) is 14.3. The van der Waals surface area contributed by atoms with Gasteiger partial charge in [-0.05, 0) is 48.5 Å². The quantitative estimate of drug-likeness (QED) is 0.590. The molecule has 1 heterocycles.